The van der Waals surface area contributed by atoms with Crippen molar-refractivity contribution in [3.8, 4) is 11.3 Å². The van der Waals surface area contributed by atoms with E-state index in [0.29, 0.717) is 11.4 Å². The van der Waals surface area contributed by atoms with Crippen LogP contribution in [0.25, 0.3) is 16.8 Å². The molecule has 2 aromatic heterocycles. The predicted octanol–water partition coefficient (Wildman–Crippen LogP) is 3.17. The Kier molecular flexibility index (Phi) is 4.09. The van der Waals surface area contributed by atoms with Gasteiger partial charge in [0.1, 0.15) is 0 Å². The van der Waals surface area contributed by atoms with E-state index in [-0.39, 0.29) is 11.6 Å². The molecule has 24 heavy (non-hydrogen) atoms. The summed E-state index contributed by atoms with van der Waals surface area (Å²) in [4.78, 5) is 22.8. The fourth-order valence-corrected chi connectivity index (χ4v) is 3.13. The van der Waals surface area contributed by atoms with Gasteiger partial charge in [-0.1, -0.05) is 12.5 Å². The smallest absolute Gasteiger partial charge is 0.274 e. The Hall–Kier alpha value is -2.69. The number of nitrogens with two attached hydrogens (primary N) is 1. The molecule has 0 aromatic carbocycles. The summed E-state index contributed by atoms with van der Waals surface area (Å²) >= 11 is 0. The second-order valence-corrected chi connectivity index (χ2v) is 6.34. The van der Waals surface area contributed by atoms with Crippen molar-refractivity contribution in [3.05, 3.63) is 46.9 Å². The zero-order valence-electron chi connectivity index (χ0n) is 14.6. The van der Waals surface area contributed by atoms with E-state index in [1.807, 2.05) is 12.3 Å². The average Bonchev–Trinajstić information content (AvgIpc) is 2.88. The summed E-state index contributed by atoms with van der Waals surface area (Å²) in [6, 6.07) is 5.69. The maximum Gasteiger partial charge on any atom is 0.274 e. The van der Waals surface area contributed by atoms with Crippen LogP contribution in [-0.2, 0) is 6.42 Å². The highest BCUT2D eigenvalue weighted by molar-refractivity contribution is 5.97. The molecule has 3 rings (SSSR count). The minimum Gasteiger partial charge on any atom is -0.397 e. The SMILES string of the molecule is CCC1=C(C)Cc2ncc(-c3ccc(N)c(C(=O)N(C)C)n3)cc21. The Bertz CT molecular complexity index is 852. The number of rotatable bonds is 3. The number of aromatic nitrogens is 2. The molecule has 0 unspecified atom stereocenters. The number of pyridine rings is 2. The first-order chi connectivity index (χ1) is 11.4. The molecule has 1 amide bonds. The molecule has 2 heterocycles. The van der Waals surface area contributed by atoms with Crippen LogP contribution in [-0.4, -0.2) is 34.9 Å². The number of fused-ring (bicyclic) bond motifs is 1. The fraction of sp³-hybridized carbons (Fsp3) is 0.316. The van der Waals surface area contributed by atoms with Crippen LogP contribution in [0.3, 0.4) is 0 Å². The Morgan fingerprint density at radius 3 is 2.75 bits per heavy atom. The van der Waals surface area contributed by atoms with Gasteiger partial charge in [-0.2, -0.15) is 0 Å². The summed E-state index contributed by atoms with van der Waals surface area (Å²) in [6.45, 7) is 4.32. The molecule has 0 bridgehead atoms. The van der Waals surface area contributed by atoms with Gasteiger partial charge in [0.05, 0.1) is 17.1 Å². The second kappa shape index (κ2) is 6.07. The third-order valence-corrected chi connectivity index (χ3v) is 4.43. The number of anilines is 1. The van der Waals surface area contributed by atoms with E-state index >= 15 is 0 Å². The number of amides is 1. The van der Waals surface area contributed by atoms with Gasteiger partial charge in [-0.15, -0.1) is 0 Å². The molecule has 2 N–H and O–H groups in total. The molecule has 0 fully saturated rings. The molecule has 1 aliphatic rings. The number of nitrogen functional groups attached to an aromatic ring is 1. The van der Waals surface area contributed by atoms with Gasteiger partial charge in [-0.3, -0.25) is 9.78 Å². The van der Waals surface area contributed by atoms with Crippen molar-refractivity contribution in [1.29, 1.82) is 0 Å². The molecule has 0 radical (unpaired) electrons. The molecule has 5 heteroatoms. The lowest BCUT2D eigenvalue weighted by atomic mass is 10.0. The summed E-state index contributed by atoms with van der Waals surface area (Å²) in [7, 11) is 3.38. The van der Waals surface area contributed by atoms with Crippen LogP contribution in [0.2, 0.25) is 0 Å². The van der Waals surface area contributed by atoms with Crippen LogP contribution in [0, 0.1) is 0 Å². The maximum absolute atomic E-state index is 12.2. The summed E-state index contributed by atoms with van der Waals surface area (Å²) in [5.74, 6) is -0.201. The summed E-state index contributed by atoms with van der Waals surface area (Å²) in [5.41, 5.74) is 13.3. The molecule has 5 nitrogen and oxygen atoms in total. The maximum atomic E-state index is 12.2. The fourth-order valence-electron chi connectivity index (χ4n) is 3.13. The number of nitrogens with zero attached hydrogens (tertiary/aromatic N) is 3. The molecule has 2 aromatic rings. The minimum absolute atomic E-state index is 0.201. The van der Waals surface area contributed by atoms with Crippen molar-refractivity contribution in [2.75, 3.05) is 19.8 Å². The topological polar surface area (TPSA) is 72.1 Å². The van der Waals surface area contributed by atoms with Crippen molar-refractivity contribution in [2.24, 2.45) is 0 Å². The second-order valence-electron chi connectivity index (χ2n) is 6.34. The number of carbonyl (C=O) groups is 1. The third kappa shape index (κ3) is 2.66. The lowest BCUT2D eigenvalue weighted by Gasteiger charge is -2.13. The van der Waals surface area contributed by atoms with Crippen LogP contribution in [0.5, 0.6) is 0 Å². The number of hydrogen-bond acceptors (Lipinski definition) is 4. The lowest BCUT2D eigenvalue weighted by Crippen LogP contribution is -2.24. The van der Waals surface area contributed by atoms with Gasteiger partial charge in [-0.25, -0.2) is 4.98 Å². The lowest BCUT2D eigenvalue weighted by molar-refractivity contribution is 0.0823. The van der Waals surface area contributed by atoms with Crippen molar-refractivity contribution < 1.29 is 4.79 Å². The van der Waals surface area contributed by atoms with Gasteiger partial charge < -0.3 is 10.6 Å². The Morgan fingerprint density at radius 2 is 2.08 bits per heavy atom. The van der Waals surface area contributed by atoms with E-state index in [9.17, 15) is 4.79 Å². The largest absolute Gasteiger partial charge is 0.397 e. The van der Waals surface area contributed by atoms with E-state index in [1.54, 1.807) is 20.2 Å². The van der Waals surface area contributed by atoms with E-state index < -0.39 is 0 Å². The van der Waals surface area contributed by atoms with Crippen LogP contribution in [0.1, 0.15) is 42.0 Å². The summed E-state index contributed by atoms with van der Waals surface area (Å²) in [6.07, 6.45) is 3.73. The Labute approximate surface area is 142 Å². The zero-order valence-corrected chi connectivity index (χ0v) is 14.6. The number of hydrogen-bond donors (Lipinski definition) is 1. The first-order valence-electron chi connectivity index (χ1n) is 8.08. The van der Waals surface area contributed by atoms with Crippen molar-refractivity contribution in [2.45, 2.75) is 26.7 Å². The Balaban J connectivity index is 2.07. The highest BCUT2D eigenvalue weighted by Gasteiger charge is 2.20. The first-order valence-corrected chi connectivity index (χ1v) is 8.08. The molecule has 0 atom stereocenters. The molecule has 0 spiro atoms. The normalized spacial score (nSPS) is 13.2. The zero-order chi connectivity index (χ0) is 17.4. The number of allylic oxidation sites excluding steroid dienone is 2. The molecule has 0 aliphatic heterocycles. The molecule has 0 saturated heterocycles. The molecular weight excluding hydrogens is 300 g/mol. The van der Waals surface area contributed by atoms with Crippen molar-refractivity contribution in [3.63, 3.8) is 0 Å². The van der Waals surface area contributed by atoms with E-state index in [2.05, 4.69) is 29.9 Å². The van der Waals surface area contributed by atoms with Crippen LogP contribution >= 0.6 is 0 Å². The molecule has 124 valence electrons. The van der Waals surface area contributed by atoms with Gasteiger partial charge >= 0.3 is 0 Å². The highest BCUT2D eigenvalue weighted by Crippen LogP contribution is 2.35. The van der Waals surface area contributed by atoms with Gasteiger partial charge in [0.15, 0.2) is 5.69 Å². The van der Waals surface area contributed by atoms with Gasteiger partial charge in [0, 0.05) is 37.8 Å². The molecule has 1 aliphatic carbocycles. The van der Waals surface area contributed by atoms with Crippen molar-refractivity contribution in [1.82, 2.24) is 14.9 Å². The third-order valence-electron chi connectivity index (χ3n) is 4.43. The quantitative estimate of drug-likeness (QED) is 0.942. The van der Waals surface area contributed by atoms with Crippen LogP contribution in [0.4, 0.5) is 5.69 Å². The van der Waals surface area contributed by atoms with Crippen molar-refractivity contribution >= 4 is 17.2 Å². The summed E-state index contributed by atoms with van der Waals surface area (Å²) < 4.78 is 0. The standard InChI is InChI=1S/C19H22N4O/c1-5-13-11(2)8-17-14(13)9-12(10-21-17)16-7-6-15(20)18(22-16)19(24)23(3)4/h6-7,9-10H,5,8,20H2,1-4H3. The first kappa shape index (κ1) is 16.2. The van der Waals surface area contributed by atoms with Crippen LogP contribution < -0.4 is 5.73 Å². The average molecular weight is 322 g/mol. The minimum atomic E-state index is -0.201. The van der Waals surface area contributed by atoms with Gasteiger partial charge in [-0.05, 0) is 37.1 Å². The van der Waals surface area contributed by atoms with E-state index in [0.717, 1.165) is 24.1 Å². The van der Waals surface area contributed by atoms with Gasteiger partial charge in [0.25, 0.3) is 5.91 Å². The summed E-state index contributed by atoms with van der Waals surface area (Å²) in [5, 5.41) is 0. The van der Waals surface area contributed by atoms with Gasteiger partial charge in [0.2, 0.25) is 0 Å². The predicted molar refractivity (Wildman–Crippen MR) is 96.5 cm³/mol. The number of carbonyl (C=O) groups excluding carboxylic acids is 1. The Morgan fingerprint density at radius 1 is 1.33 bits per heavy atom. The van der Waals surface area contributed by atoms with E-state index in [1.165, 1.54) is 21.6 Å². The van der Waals surface area contributed by atoms with Crippen LogP contribution in [0.15, 0.2) is 30.0 Å². The highest BCUT2D eigenvalue weighted by atomic mass is 16.2. The molecular formula is C19H22N4O. The van der Waals surface area contributed by atoms with E-state index in [4.69, 9.17) is 5.73 Å². The molecule has 0 saturated carbocycles. The monoisotopic (exact) mass is 322 g/mol.